The highest BCUT2D eigenvalue weighted by atomic mass is 35.5. The van der Waals surface area contributed by atoms with Gasteiger partial charge in [0.15, 0.2) is 11.0 Å². The van der Waals surface area contributed by atoms with Crippen molar-refractivity contribution in [3.05, 3.63) is 83.0 Å². The predicted octanol–water partition coefficient (Wildman–Crippen LogP) is 6.28. The van der Waals surface area contributed by atoms with Crippen LogP contribution in [0.3, 0.4) is 0 Å². The zero-order valence-electron chi connectivity index (χ0n) is 14.8. The van der Waals surface area contributed by atoms with Gasteiger partial charge in [0.1, 0.15) is 0 Å². The fourth-order valence-corrected chi connectivity index (χ4v) is 4.61. The van der Waals surface area contributed by atoms with E-state index >= 15 is 0 Å². The van der Waals surface area contributed by atoms with Crippen molar-refractivity contribution in [2.45, 2.75) is 17.5 Å². The van der Waals surface area contributed by atoms with Gasteiger partial charge in [-0.15, -0.1) is 16.8 Å². The van der Waals surface area contributed by atoms with Crippen LogP contribution >= 0.6 is 35.0 Å². The van der Waals surface area contributed by atoms with Crippen molar-refractivity contribution in [3.8, 4) is 11.4 Å². The first-order valence-corrected chi connectivity index (χ1v) is 10.4. The Bertz CT molecular complexity index is 1140. The second-order valence-corrected chi connectivity index (χ2v) is 7.86. The third-order valence-electron chi connectivity index (χ3n) is 4.30. The van der Waals surface area contributed by atoms with Crippen LogP contribution < -0.4 is 0 Å². The minimum absolute atomic E-state index is 0.603. The number of thioether (sulfide) groups is 1. The zero-order valence-corrected chi connectivity index (χ0v) is 17.2. The molecule has 0 saturated heterocycles. The summed E-state index contributed by atoms with van der Waals surface area (Å²) in [7, 11) is 0. The van der Waals surface area contributed by atoms with E-state index in [-0.39, 0.29) is 0 Å². The first-order valence-electron chi connectivity index (χ1n) is 8.62. The van der Waals surface area contributed by atoms with Gasteiger partial charge in [0.2, 0.25) is 0 Å². The first kappa shape index (κ1) is 19.0. The zero-order chi connectivity index (χ0) is 19.5. The van der Waals surface area contributed by atoms with Gasteiger partial charge in [-0.1, -0.05) is 53.2 Å². The molecule has 7 heteroatoms. The minimum atomic E-state index is 0.603. The van der Waals surface area contributed by atoms with E-state index < -0.39 is 0 Å². The molecule has 140 valence electrons. The van der Waals surface area contributed by atoms with Crippen molar-refractivity contribution in [1.82, 2.24) is 19.7 Å². The van der Waals surface area contributed by atoms with Gasteiger partial charge < -0.3 is 0 Å². The molecule has 4 aromatic rings. The molecule has 28 heavy (non-hydrogen) atoms. The van der Waals surface area contributed by atoms with Gasteiger partial charge in [-0.25, -0.2) is 0 Å². The average Bonchev–Trinajstić information content (AvgIpc) is 3.10. The molecule has 0 atom stereocenters. The molecule has 0 radical (unpaired) electrons. The normalized spacial score (nSPS) is 11.1. The van der Waals surface area contributed by atoms with Crippen molar-refractivity contribution in [1.29, 1.82) is 0 Å². The van der Waals surface area contributed by atoms with Gasteiger partial charge >= 0.3 is 0 Å². The van der Waals surface area contributed by atoms with E-state index in [2.05, 4.69) is 27.8 Å². The highest BCUT2D eigenvalue weighted by Gasteiger charge is 2.15. The Morgan fingerprint density at radius 2 is 1.86 bits per heavy atom. The van der Waals surface area contributed by atoms with Crippen molar-refractivity contribution >= 4 is 45.9 Å². The van der Waals surface area contributed by atoms with E-state index in [4.69, 9.17) is 23.2 Å². The van der Waals surface area contributed by atoms with Gasteiger partial charge in [0.25, 0.3) is 0 Å². The van der Waals surface area contributed by atoms with Crippen molar-refractivity contribution in [2.24, 2.45) is 0 Å². The number of hydrogen-bond acceptors (Lipinski definition) is 4. The molecule has 4 nitrogen and oxygen atoms in total. The number of pyridine rings is 1. The van der Waals surface area contributed by atoms with Crippen LogP contribution in [0.15, 0.2) is 72.5 Å². The summed E-state index contributed by atoms with van der Waals surface area (Å²) in [5.74, 6) is 1.40. The monoisotopic (exact) mass is 426 g/mol. The molecular formula is C21H16Cl2N4S. The highest BCUT2D eigenvalue weighted by Crippen LogP contribution is 2.32. The number of allylic oxidation sites excluding steroid dienone is 1. The van der Waals surface area contributed by atoms with Gasteiger partial charge in [0.05, 0.1) is 5.52 Å². The fourth-order valence-electron chi connectivity index (χ4n) is 2.92. The Morgan fingerprint density at radius 3 is 2.64 bits per heavy atom. The van der Waals surface area contributed by atoms with Crippen LogP contribution in [-0.4, -0.2) is 19.7 Å². The Kier molecular flexibility index (Phi) is 5.67. The maximum absolute atomic E-state index is 6.29. The Morgan fingerprint density at radius 1 is 1.04 bits per heavy atom. The van der Waals surface area contributed by atoms with Crippen LogP contribution in [0.1, 0.15) is 5.56 Å². The molecule has 0 unspecified atom stereocenters. The standard InChI is InChI=1S/C21H16Cl2N4S/c1-2-11-27-20(15-8-9-19-14(12-15)5-4-10-24-19)25-26-21(27)28-13-16-17(22)6-3-7-18(16)23/h2-10,12H,1,11,13H2. The van der Waals surface area contributed by atoms with Gasteiger partial charge in [-0.05, 0) is 42.0 Å². The molecule has 0 fully saturated rings. The van der Waals surface area contributed by atoms with Crippen molar-refractivity contribution in [2.75, 3.05) is 0 Å². The summed E-state index contributed by atoms with van der Waals surface area (Å²) in [6.07, 6.45) is 3.62. The molecule has 2 aromatic heterocycles. The lowest BCUT2D eigenvalue weighted by molar-refractivity contribution is 0.731. The number of halogens is 2. The number of rotatable bonds is 6. The van der Waals surface area contributed by atoms with Crippen LogP contribution in [0, 0.1) is 0 Å². The van der Waals surface area contributed by atoms with E-state index in [1.807, 2.05) is 53.1 Å². The predicted molar refractivity (Wildman–Crippen MR) is 117 cm³/mol. The van der Waals surface area contributed by atoms with Gasteiger partial charge in [0, 0.05) is 39.5 Å². The van der Waals surface area contributed by atoms with Gasteiger partial charge in [-0.2, -0.15) is 0 Å². The van der Waals surface area contributed by atoms with E-state index in [1.54, 1.807) is 18.0 Å². The molecule has 2 heterocycles. The molecular weight excluding hydrogens is 411 g/mol. The Balaban J connectivity index is 1.68. The summed E-state index contributed by atoms with van der Waals surface area (Å²) >= 11 is 14.1. The smallest absolute Gasteiger partial charge is 0.192 e. The largest absolute Gasteiger partial charge is 0.298 e. The van der Waals surface area contributed by atoms with Crippen LogP contribution in [0.4, 0.5) is 0 Å². The molecule has 0 aliphatic carbocycles. The summed E-state index contributed by atoms with van der Waals surface area (Å²) in [5.41, 5.74) is 2.82. The molecule has 0 aliphatic heterocycles. The number of benzene rings is 2. The second-order valence-electron chi connectivity index (χ2n) is 6.11. The lowest BCUT2D eigenvalue weighted by Crippen LogP contribution is -2.01. The molecule has 4 rings (SSSR count). The van der Waals surface area contributed by atoms with E-state index in [9.17, 15) is 0 Å². The third kappa shape index (κ3) is 3.78. The second kappa shape index (κ2) is 8.35. The van der Waals surface area contributed by atoms with Crippen LogP contribution in [0.25, 0.3) is 22.3 Å². The summed E-state index contributed by atoms with van der Waals surface area (Å²) in [4.78, 5) is 4.37. The van der Waals surface area contributed by atoms with E-state index in [1.165, 1.54) is 0 Å². The number of fused-ring (bicyclic) bond motifs is 1. The van der Waals surface area contributed by atoms with Crippen LogP contribution in [0.2, 0.25) is 10.0 Å². The average molecular weight is 427 g/mol. The molecule has 0 aliphatic rings. The lowest BCUT2D eigenvalue weighted by Gasteiger charge is -2.09. The van der Waals surface area contributed by atoms with Crippen LogP contribution in [0.5, 0.6) is 0 Å². The topological polar surface area (TPSA) is 43.6 Å². The maximum Gasteiger partial charge on any atom is 0.192 e. The highest BCUT2D eigenvalue weighted by molar-refractivity contribution is 7.98. The molecule has 2 aromatic carbocycles. The van der Waals surface area contributed by atoms with E-state index in [0.717, 1.165) is 33.0 Å². The number of nitrogens with zero attached hydrogens (tertiary/aromatic N) is 4. The maximum atomic E-state index is 6.29. The van der Waals surface area contributed by atoms with Crippen molar-refractivity contribution < 1.29 is 0 Å². The third-order valence-corrected chi connectivity index (χ3v) is 6.00. The first-order chi connectivity index (χ1) is 13.7. The number of aromatic nitrogens is 4. The summed E-state index contributed by atoms with van der Waals surface area (Å²) in [6.45, 7) is 4.47. The van der Waals surface area contributed by atoms with Crippen LogP contribution in [-0.2, 0) is 12.3 Å². The molecule has 0 spiro atoms. The Hall–Kier alpha value is -2.34. The Labute approximate surface area is 177 Å². The molecule has 0 N–H and O–H groups in total. The fraction of sp³-hybridized carbons (Fsp3) is 0.0952. The molecule has 0 amide bonds. The van der Waals surface area contributed by atoms with E-state index in [0.29, 0.717) is 22.3 Å². The van der Waals surface area contributed by atoms with Gasteiger partial charge in [-0.3, -0.25) is 9.55 Å². The minimum Gasteiger partial charge on any atom is -0.298 e. The lowest BCUT2D eigenvalue weighted by atomic mass is 10.1. The number of hydrogen-bond donors (Lipinski definition) is 0. The SMILES string of the molecule is C=CCn1c(SCc2c(Cl)cccc2Cl)nnc1-c1ccc2ncccc2c1. The summed E-state index contributed by atoms with van der Waals surface area (Å²) in [5, 5.41) is 12.0. The summed E-state index contributed by atoms with van der Waals surface area (Å²) < 4.78 is 2.04. The molecule has 0 bridgehead atoms. The quantitative estimate of drug-likeness (QED) is 0.268. The summed E-state index contributed by atoms with van der Waals surface area (Å²) in [6, 6.07) is 15.6. The van der Waals surface area contributed by atoms with Crippen molar-refractivity contribution in [3.63, 3.8) is 0 Å². The molecule has 0 saturated carbocycles.